The Hall–Kier alpha value is -2.05. The Bertz CT molecular complexity index is 1100. The molecule has 0 aliphatic carbocycles. The van der Waals surface area contributed by atoms with E-state index in [0.717, 1.165) is 8.78 Å². The van der Waals surface area contributed by atoms with E-state index in [2.05, 4.69) is 15.9 Å². The summed E-state index contributed by atoms with van der Waals surface area (Å²) in [4.78, 5) is 0.0882. The highest BCUT2D eigenvalue weighted by Gasteiger charge is 2.46. The normalized spacial score (nSPS) is 18.9. The Morgan fingerprint density at radius 3 is 2.71 bits per heavy atom. The van der Waals surface area contributed by atoms with Crippen LogP contribution in [0.3, 0.4) is 0 Å². The molecule has 2 aromatic rings. The molecule has 6 nitrogen and oxygen atoms in total. The number of fused-ring (bicyclic) bond motifs is 1. The molecule has 1 atom stereocenters. The molecule has 0 radical (unpaired) electrons. The standard InChI is InChI=1S/C19H16BrClN2O4S/c1-2-27-19(24)15(10-22)18-14-5-3-4-6-17(14)28(25,26)23(18)11-12-7-8-13(20)9-16(12)21/h3-9,18,24H,2,11H2,1H3/b19-15-. The van der Waals surface area contributed by atoms with E-state index in [9.17, 15) is 18.8 Å². The summed E-state index contributed by atoms with van der Waals surface area (Å²) in [5, 5.41) is 20.3. The van der Waals surface area contributed by atoms with Gasteiger partial charge in [-0.15, -0.1) is 0 Å². The van der Waals surface area contributed by atoms with E-state index in [1.807, 2.05) is 6.07 Å². The number of rotatable bonds is 5. The van der Waals surface area contributed by atoms with Gasteiger partial charge in [-0.1, -0.05) is 51.8 Å². The van der Waals surface area contributed by atoms with Crippen LogP contribution in [0.25, 0.3) is 0 Å². The Morgan fingerprint density at radius 2 is 2.07 bits per heavy atom. The van der Waals surface area contributed by atoms with Gasteiger partial charge in [0, 0.05) is 16.0 Å². The second-order valence-corrected chi connectivity index (χ2v) is 9.17. The second-order valence-electron chi connectivity index (χ2n) is 5.99. The van der Waals surface area contributed by atoms with Crippen LogP contribution >= 0.6 is 27.5 Å². The van der Waals surface area contributed by atoms with Crippen LogP contribution in [0.15, 0.2) is 63.4 Å². The van der Waals surface area contributed by atoms with Gasteiger partial charge in [0.15, 0.2) is 0 Å². The van der Waals surface area contributed by atoms with Crippen molar-refractivity contribution < 1.29 is 18.3 Å². The lowest BCUT2D eigenvalue weighted by Gasteiger charge is -2.24. The van der Waals surface area contributed by atoms with Gasteiger partial charge in [0.2, 0.25) is 10.0 Å². The minimum atomic E-state index is -3.91. The SMILES string of the molecule is CCO/C(O)=C(/C#N)C1c2ccccc2S(=O)(=O)N1Cc1ccc(Br)cc1Cl. The molecule has 1 unspecified atom stereocenters. The van der Waals surface area contributed by atoms with Gasteiger partial charge in [0.25, 0.3) is 5.95 Å². The van der Waals surface area contributed by atoms with Crippen molar-refractivity contribution >= 4 is 37.6 Å². The molecule has 1 aliphatic rings. The molecule has 0 fully saturated rings. The van der Waals surface area contributed by atoms with E-state index >= 15 is 0 Å². The highest BCUT2D eigenvalue weighted by Crippen LogP contribution is 2.45. The average Bonchev–Trinajstić information content (AvgIpc) is 2.86. The van der Waals surface area contributed by atoms with Crippen molar-refractivity contribution in [1.29, 1.82) is 5.26 Å². The molecular weight excluding hydrogens is 468 g/mol. The summed E-state index contributed by atoms with van der Waals surface area (Å²) in [5.74, 6) is -0.589. The third-order valence-electron chi connectivity index (χ3n) is 4.33. The second kappa shape index (κ2) is 8.13. The molecule has 1 heterocycles. The lowest BCUT2D eigenvalue weighted by atomic mass is 9.99. The summed E-state index contributed by atoms with van der Waals surface area (Å²) in [6, 6.07) is 12.4. The summed E-state index contributed by atoms with van der Waals surface area (Å²) in [5.41, 5.74) is 0.793. The molecule has 1 N–H and O–H groups in total. The zero-order valence-corrected chi connectivity index (χ0v) is 17.9. The first-order valence-corrected chi connectivity index (χ1v) is 10.9. The number of hydrogen-bond acceptors (Lipinski definition) is 5. The molecule has 3 rings (SSSR count). The van der Waals surface area contributed by atoms with E-state index < -0.39 is 22.0 Å². The lowest BCUT2D eigenvalue weighted by molar-refractivity contribution is 0.0952. The highest BCUT2D eigenvalue weighted by molar-refractivity contribution is 9.10. The molecule has 1 aliphatic heterocycles. The number of sulfonamides is 1. The van der Waals surface area contributed by atoms with Gasteiger partial charge in [-0.25, -0.2) is 8.42 Å². The van der Waals surface area contributed by atoms with Crippen LogP contribution in [-0.4, -0.2) is 24.4 Å². The predicted octanol–water partition coefficient (Wildman–Crippen LogP) is 4.68. The van der Waals surface area contributed by atoms with E-state index in [4.69, 9.17) is 16.3 Å². The van der Waals surface area contributed by atoms with Crippen LogP contribution in [0.5, 0.6) is 0 Å². The maximum Gasteiger partial charge on any atom is 0.293 e. The monoisotopic (exact) mass is 482 g/mol. The largest absolute Gasteiger partial charge is 0.480 e. The number of halogens is 2. The van der Waals surface area contributed by atoms with Gasteiger partial charge in [0.05, 0.1) is 17.5 Å². The zero-order chi connectivity index (χ0) is 20.5. The summed E-state index contributed by atoms with van der Waals surface area (Å²) in [6.07, 6.45) is 0. The van der Waals surface area contributed by atoms with Crippen molar-refractivity contribution in [2.75, 3.05) is 6.61 Å². The van der Waals surface area contributed by atoms with Crippen LogP contribution in [0.4, 0.5) is 0 Å². The summed E-state index contributed by atoms with van der Waals surface area (Å²) < 4.78 is 33.4. The Balaban J connectivity index is 2.18. The van der Waals surface area contributed by atoms with Crippen LogP contribution in [0.1, 0.15) is 24.1 Å². The lowest BCUT2D eigenvalue weighted by Crippen LogP contribution is -2.29. The number of hydrogen-bond donors (Lipinski definition) is 1. The molecule has 0 amide bonds. The molecule has 9 heteroatoms. The Morgan fingerprint density at radius 1 is 1.36 bits per heavy atom. The van der Waals surface area contributed by atoms with Crippen molar-refractivity contribution in [3.05, 3.63) is 74.6 Å². The molecule has 0 aromatic heterocycles. The predicted molar refractivity (Wildman–Crippen MR) is 108 cm³/mol. The van der Waals surface area contributed by atoms with E-state index in [0.29, 0.717) is 16.1 Å². The third kappa shape index (κ3) is 3.63. The highest BCUT2D eigenvalue weighted by atomic mass is 79.9. The van der Waals surface area contributed by atoms with Gasteiger partial charge in [-0.3, -0.25) is 0 Å². The molecule has 0 saturated carbocycles. The number of aliphatic hydroxyl groups is 1. The average molecular weight is 484 g/mol. The Labute approximate surface area is 176 Å². The van der Waals surface area contributed by atoms with Crippen LogP contribution in [0, 0.1) is 11.3 Å². The molecule has 2 aromatic carbocycles. The number of ether oxygens (including phenoxy) is 1. The summed E-state index contributed by atoms with van der Waals surface area (Å²) in [6.45, 7) is 1.72. The molecule has 28 heavy (non-hydrogen) atoms. The van der Waals surface area contributed by atoms with Crippen LogP contribution in [0.2, 0.25) is 5.02 Å². The fourth-order valence-corrected chi connectivity index (χ4v) is 5.61. The van der Waals surface area contributed by atoms with Crippen molar-refractivity contribution in [2.45, 2.75) is 24.4 Å². The van der Waals surface area contributed by atoms with Crippen molar-refractivity contribution in [3.63, 3.8) is 0 Å². The fourth-order valence-electron chi connectivity index (χ4n) is 3.10. The number of nitriles is 1. The van der Waals surface area contributed by atoms with Crippen molar-refractivity contribution in [2.24, 2.45) is 0 Å². The zero-order valence-electron chi connectivity index (χ0n) is 14.8. The van der Waals surface area contributed by atoms with Crippen molar-refractivity contribution in [1.82, 2.24) is 4.31 Å². The molecule has 0 spiro atoms. The van der Waals surface area contributed by atoms with Gasteiger partial charge >= 0.3 is 0 Å². The molecular formula is C19H16BrClN2O4S. The van der Waals surface area contributed by atoms with E-state index in [1.165, 1.54) is 6.07 Å². The summed E-state index contributed by atoms with van der Waals surface area (Å²) in [7, 11) is -3.91. The third-order valence-corrected chi connectivity index (χ3v) is 7.06. The van der Waals surface area contributed by atoms with Gasteiger partial charge in [-0.2, -0.15) is 9.57 Å². The molecule has 146 valence electrons. The number of nitrogens with zero attached hydrogens (tertiary/aromatic N) is 2. The first-order valence-electron chi connectivity index (χ1n) is 8.32. The van der Waals surface area contributed by atoms with E-state index in [1.54, 1.807) is 43.3 Å². The smallest absolute Gasteiger partial charge is 0.293 e. The van der Waals surface area contributed by atoms with Gasteiger partial charge in [0.1, 0.15) is 11.6 Å². The van der Waals surface area contributed by atoms with Crippen LogP contribution < -0.4 is 0 Å². The first-order chi connectivity index (χ1) is 13.3. The first kappa shape index (κ1) is 20.7. The maximum atomic E-state index is 13.2. The number of aliphatic hydroxyl groups excluding tert-OH is 1. The minimum absolute atomic E-state index is 0.0711. The van der Waals surface area contributed by atoms with Crippen LogP contribution in [-0.2, 0) is 21.3 Å². The van der Waals surface area contributed by atoms with E-state index in [-0.39, 0.29) is 23.6 Å². The number of benzene rings is 2. The Kier molecular flexibility index (Phi) is 6.01. The van der Waals surface area contributed by atoms with Gasteiger partial charge < -0.3 is 9.84 Å². The van der Waals surface area contributed by atoms with Crippen molar-refractivity contribution in [3.8, 4) is 6.07 Å². The minimum Gasteiger partial charge on any atom is -0.480 e. The summed E-state index contributed by atoms with van der Waals surface area (Å²) >= 11 is 9.60. The quantitative estimate of drug-likeness (QED) is 0.493. The fraction of sp³-hybridized carbons (Fsp3) is 0.211. The topological polar surface area (TPSA) is 90.6 Å². The van der Waals surface area contributed by atoms with Gasteiger partial charge in [-0.05, 0) is 36.2 Å². The molecule has 0 saturated heterocycles. The molecule has 0 bridgehead atoms. The maximum absolute atomic E-state index is 13.2.